The van der Waals surface area contributed by atoms with E-state index in [0.29, 0.717) is 17.4 Å². The first-order valence-electron chi connectivity index (χ1n) is 3.26. The molecule has 0 aliphatic heterocycles. The van der Waals surface area contributed by atoms with Crippen LogP contribution in [0, 0.1) is 0 Å². The van der Waals surface area contributed by atoms with Gasteiger partial charge in [0.2, 0.25) is 0 Å². The zero-order chi connectivity index (χ0) is 8.55. The van der Waals surface area contributed by atoms with Gasteiger partial charge in [-0.3, -0.25) is 4.79 Å². The lowest BCUT2D eigenvalue weighted by atomic mass is 10.3. The molecule has 0 atom stereocenters. The minimum Gasteiger partial charge on any atom is -0.298 e. The fraction of sp³-hybridized carbons (Fsp3) is 0. The van der Waals surface area contributed by atoms with Crippen LogP contribution in [0.2, 0.25) is 5.15 Å². The second-order valence-electron chi connectivity index (χ2n) is 2.23. The van der Waals surface area contributed by atoms with Gasteiger partial charge in [0.15, 0.2) is 11.4 Å². The third kappa shape index (κ3) is 0.887. The molecular weight excluding hydrogens is 178 g/mol. The molecule has 0 saturated heterocycles. The van der Waals surface area contributed by atoms with Gasteiger partial charge >= 0.3 is 0 Å². The van der Waals surface area contributed by atoms with Crippen LogP contribution in [0.25, 0.3) is 5.52 Å². The van der Waals surface area contributed by atoms with Gasteiger partial charge in [0.25, 0.3) is 0 Å². The van der Waals surface area contributed by atoms with Gasteiger partial charge in [-0.1, -0.05) is 11.6 Å². The van der Waals surface area contributed by atoms with E-state index < -0.39 is 0 Å². The number of hydrogen-bond acceptors (Lipinski definition) is 3. The molecule has 5 heteroatoms. The summed E-state index contributed by atoms with van der Waals surface area (Å²) in [4.78, 5) is 14.3. The van der Waals surface area contributed by atoms with Crippen LogP contribution in [0.15, 0.2) is 18.6 Å². The summed E-state index contributed by atoms with van der Waals surface area (Å²) in [6.07, 6.45) is 5.32. The molecule has 0 unspecified atom stereocenters. The van der Waals surface area contributed by atoms with E-state index in [0.717, 1.165) is 0 Å². The largest absolute Gasteiger partial charge is 0.298 e. The van der Waals surface area contributed by atoms with Crippen molar-refractivity contribution in [2.75, 3.05) is 0 Å². The Kier molecular flexibility index (Phi) is 1.55. The Morgan fingerprint density at radius 1 is 1.58 bits per heavy atom. The Bertz CT molecular complexity index is 437. The van der Waals surface area contributed by atoms with Crippen molar-refractivity contribution in [1.29, 1.82) is 0 Å². The monoisotopic (exact) mass is 181 g/mol. The molecule has 12 heavy (non-hydrogen) atoms. The van der Waals surface area contributed by atoms with Gasteiger partial charge in [-0.15, -0.1) is 0 Å². The van der Waals surface area contributed by atoms with Crippen molar-refractivity contribution in [1.82, 2.24) is 14.6 Å². The molecule has 0 bridgehead atoms. The molecule has 0 aliphatic rings. The van der Waals surface area contributed by atoms with E-state index in [4.69, 9.17) is 11.6 Å². The molecule has 60 valence electrons. The number of carbonyl (C=O) groups excluding carboxylic acids is 1. The van der Waals surface area contributed by atoms with E-state index >= 15 is 0 Å². The SMILES string of the molecule is O=Cc1cnn2ccnc(Cl)c12. The first-order chi connectivity index (χ1) is 5.83. The third-order valence-electron chi connectivity index (χ3n) is 1.54. The Morgan fingerprint density at radius 2 is 2.42 bits per heavy atom. The highest BCUT2D eigenvalue weighted by Gasteiger charge is 2.06. The normalized spacial score (nSPS) is 10.4. The molecule has 0 radical (unpaired) electrons. The van der Waals surface area contributed by atoms with E-state index in [2.05, 4.69) is 10.1 Å². The van der Waals surface area contributed by atoms with Gasteiger partial charge in [-0.25, -0.2) is 9.50 Å². The zero-order valence-electron chi connectivity index (χ0n) is 5.94. The summed E-state index contributed by atoms with van der Waals surface area (Å²) in [7, 11) is 0. The van der Waals surface area contributed by atoms with E-state index in [1.165, 1.54) is 16.9 Å². The predicted octanol–water partition coefficient (Wildman–Crippen LogP) is 1.20. The van der Waals surface area contributed by atoms with Crippen molar-refractivity contribution in [3.05, 3.63) is 29.3 Å². The van der Waals surface area contributed by atoms with Crippen molar-refractivity contribution in [2.45, 2.75) is 0 Å². The first kappa shape index (κ1) is 7.24. The zero-order valence-corrected chi connectivity index (χ0v) is 6.69. The van der Waals surface area contributed by atoms with E-state index in [1.807, 2.05) is 0 Å². The van der Waals surface area contributed by atoms with Crippen molar-refractivity contribution in [3.8, 4) is 0 Å². The molecule has 0 spiro atoms. The summed E-state index contributed by atoms with van der Waals surface area (Å²) in [6, 6.07) is 0. The Balaban J connectivity index is 2.91. The van der Waals surface area contributed by atoms with Gasteiger partial charge in [-0.2, -0.15) is 5.10 Å². The minimum absolute atomic E-state index is 0.289. The van der Waals surface area contributed by atoms with Crippen molar-refractivity contribution >= 4 is 23.4 Å². The lowest BCUT2D eigenvalue weighted by Crippen LogP contribution is -1.89. The average molecular weight is 182 g/mol. The number of carbonyl (C=O) groups is 1. The summed E-state index contributed by atoms with van der Waals surface area (Å²) in [5.74, 6) is 0. The lowest BCUT2D eigenvalue weighted by molar-refractivity contribution is 0.112. The van der Waals surface area contributed by atoms with Crippen molar-refractivity contribution in [3.63, 3.8) is 0 Å². The maximum atomic E-state index is 10.5. The molecule has 2 aromatic rings. The van der Waals surface area contributed by atoms with Gasteiger partial charge < -0.3 is 0 Å². The summed E-state index contributed by atoms with van der Waals surface area (Å²) >= 11 is 5.75. The van der Waals surface area contributed by atoms with Crippen LogP contribution in [0.1, 0.15) is 10.4 Å². The fourth-order valence-electron chi connectivity index (χ4n) is 1.01. The lowest BCUT2D eigenvalue weighted by Gasteiger charge is -1.93. The molecule has 0 amide bonds. The van der Waals surface area contributed by atoms with Crippen LogP contribution in [0.4, 0.5) is 0 Å². The summed E-state index contributed by atoms with van der Waals surface area (Å²) in [5, 5.41) is 4.20. The third-order valence-corrected chi connectivity index (χ3v) is 1.82. The van der Waals surface area contributed by atoms with E-state index in [1.54, 1.807) is 6.20 Å². The van der Waals surface area contributed by atoms with Crippen LogP contribution in [0.3, 0.4) is 0 Å². The maximum Gasteiger partial charge on any atom is 0.155 e. The number of nitrogens with zero attached hydrogens (tertiary/aromatic N) is 3. The molecule has 0 aromatic carbocycles. The van der Waals surface area contributed by atoms with E-state index in [-0.39, 0.29) is 5.15 Å². The predicted molar refractivity (Wildman–Crippen MR) is 43.4 cm³/mol. The van der Waals surface area contributed by atoms with Gasteiger partial charge in [0.05, 0.1) is 11.8 Å². The fourth-order valence-corrected chi connectivity index (χ4v) is 1.26. The number of aromatic nitrogens is 3. The summed E-state index contributed by atoms with van der Waals surface area (Å²) in [6.45, 7) is 0. The van der Waals surface area contributed by atoms with Crippen LogP contribution < -0.4 is 0 Å². The summed E-state index contributed by atoms with van der Waals surface area (Å²) in [5.41, 5.74) is 1.00. The number of hydrogen-bond donors (Lipinski definition) is 0. The first-order valence-corrected chi connectivity index (χ1v) is 3.64. The van der Waals surface area contributed by atoms with E-state index in [9.17, 15) is 4.79 Å². The molecule has 4 nitrogen and oxygen atoms in total. The number of rotatable bonds is 1. The Labute approximate surface area is 72.8 Å². The molecular formula is C7H4ClN3O. The second-order valence-corrected chi connectivity index (χ2v) is 2.59. The average Bonchev–Trinajstić information content (AvgIpc) is 2.49. The van der Waals surface area contributed by atoms with Crippen molar-refractivity contribution < 1.29 is 4.79 Å². The molecule has 2 aromatic heterocycles. The smallest absolute Gasteiger partial charge is 0.155 e. The van der Waals surface area contributed by atoms with Crippen LogP contribution in [-0.4, -0.2) is 20.9 Å². The quantitative estimate of drug-likeness (QED) is 0.621. The Hall–Kier alpha value is -1.42. The highest BCUT2D eigenvalue weighted by molar-refractivity contribution is 6.33. The topological polar surface area (TPSA) is 47.3 Å². The second kappa shape index (κ2) is 2.57. The van der Waals surface area contributed by atoms with Gasteiger partial charge in [-0.05, 0) is 0 Å². The molecule has 0 aliphatic carbocycles. The minimum atomic E-state index is 0.289. The number of halogens is 1. The highest BCUT2D eigenvalue weighted by atomic mass is 35.5. The molecule has 0 saturated carbocycles. The van der Waals surface area contributed by atoms with Crippen LogP contribution in [-0.2, 0) is 0 Å². The molecule has 2 rings (SSSR count). The van der Waals surface area contributed by atoms with Crippen molar-refractivity contribution in [2.24, 2.45) is 0 Å². The number of aldehydes is 1. The van der Waals surface area contributed by atoms with Crippen LogP contribution in [0.5, 0.6) is 0 Å². The number of fused-ring (bicyclic) bond motifs is 1. The molecule has 0 fully saturated rings. The maximum absolute atomic E-state index is 10.5. The molecule has 0 N–H and O–H groups in total. The highest BCUT2D eigenvalue weighted by Crippen LogP contribution is 2.16. The van der Waals surface area contributed by atoms with Gasteiger partial charge in [0, 0.05) is 12.4 Å². The summed E-state index contributed by atoms with van der Waals surface area (Å²) < 4.78 is 1.51. The van der Waals surface area contributed by atoms with Gasteiger partial charge in [0.1, 0.15) is 5.52 Å². The standard InChI is InChI=1S/C7H4ClN3O/c8-7-6-5(4-12)3-10-11(6)2-1-9-7/h1-4H. The molecule has 2 heterocycles. The Morgan fingerprint density at radius 3 is 3.17 bits per heavy atom. The van der Waals surface area contributed by atoms with Crippen LogP contribution >= 0.6 is 11.6 Å².